The molecule has 2 aromatic rings. The average Bonchev–Trinajstić information content (AvgIpc) is 3.60. The number of aromatic hydroxyl groups is 1. The van der Waals surface area contributed by atoms with Gasteiger partial charge in [0.2, 0.25) is 11.8 Å². The number of rotatable bonds is 10. The van der Waals surface area contributed by atoms with Gasteiger partial charge in [0.1, 0.15) is 30.0 Å². The lowest BCUT2D eigenvalue weighted by Crippen LogP contribution is -2.55. The molecule has 4 atom stereocenters. The Kier molecular flexibility index (Phi) is 9.56. The van der Waals surface area contributed by atoms with Crippen molar-refractivity contribution in [2.75, 3.05) is 13.7 Å². The number of ether oxygens (including phenoxy) is 2. The minimum atomic E-state index is -1.07. The van der Waals surface area contributed by atoms with Crippen molar-refractivity contribution >= 4 is 23.9 Å². The minimum absolute atomic E-state index is 0.0709. The Labute approximate surface area is 228 Å². The van der Waals surface area contributed by atoms with Crippen LogP contribution < -0.4 is 10.6 Å². The van der Waals surface area contributed by atoms with Gasteiger partial charge in [0, 0.05) is 12.5 Å². The summed E-state index contributed by atoms with van der Waals surface area (Å²) >= 11 is 0. The van der Waals surface area contributed by atoms with Crippen LogP contribution in [0.25, 0.3) is 0 Å². The summed E-state index contributed by atoms with van der Waals surface area (Å²) in [6.07, 6.45) is 0.00808. The van der Waals surface area contributed by atoms with E-state index in [0.717, 1.165) is 0 Å². The van der Waals surface area contributed by atoms with E-state index in [-0.39, 0.29) is 30.7 Å². The van der Waals surface area contributed by atoms with Gasteiger partial charge in [0.25, 0.3) is 0 Å². The van der Waals surface area contributed by atoms with E-state index in [1.54, 1.807) is 63.2 Å². The Morgan fingerprint density at radius 2 is 1.67 bits per heavy atom. The van der Waals surface area contributed by atoms with Gasteiger partial charge in [-0.25, -0.2) is 4.79 Å². The summed E-state index contributed by atoms with van der Waals surface area (Å²) < 4.78 is 10.1. The molecule has 1 fully saturated rings. The summed E-state index contributed by atoms with van der Waals surface area (Å²) in [5.74, 6) is -1.43. The number of amides is 3. The zero-order chi connectivity index (χ0) is 28.7. The van der Waals surface area contributed by atoms with Crippen molar-refractivity contribution in [1.82, 2.24) is 15.5 Å². The SMILES string of the molecule is COC(=O)CNC(=O)C(c1ccccc1)N(C(=O)C(Cc1ccc(O)cc1)NC(=O)OC(C)(C)C)C1CC1C. The van der Waals surface area contributed by atoms with Gasteiger partial charge < -0.3 is 30.1 Å². The number of phenolic OH excluding ortho intramolecular Hbond substituents is 1. The quantitative estimate of drug-likeness (QED) is 0.395. The van der Waals surface area contributed by atoms with E-state index in [2.05, 4.69) is 15.4 Å². The summed E-state index contributed by atoms with van der Waals surface area (Å²) in [5, 5.41) is 15.0. The number of methoxy groups -OCH3 is 1. The Bertz CT molecular complexity index is 1160. The summed E-state index contributed by atoms with van der Waals surface area (Å²) in [5.41, 5.74) is 0.465. The molecule has 4 unspecified atom stereocenters. The Morgan fingerprint density at radius 3 is 2.21 bits per heavy atom. The molecular formula is C29H37N3O7. The second-order valence-corrected chi connectivity index (χ2v) is 10.7. The molecule has 3 amide bonds. The first-order valence-electron chi connectivity index (χ1n) is 12.9. The Hall–Kier alpha value is -4.08. The number of hydrogen-bond donors (Lipinski definition) is 3. The third kappa shape index (κ3) is 8.46. The molecular weight excluding hydrogens is 502 g/mol. The maximum absolute atomic E-state index is 14.3. The summed E-state index contributed by atoms with van der Waals surface area (Å²) in [6.45, 7) is 6.79. The number of phenols is 1. The molecule has 210 valence electrons. The normalized spacial score (nSPS) is 17.8. The molecule has 3 N–H and O–H groups in total. The molecule has 1 saturated carbocycles. The maximum Gasteiger partial charge on any atom is 0.408 e. The number of hydrogen-bond acceptors (Lipinski definition) is 7. The minimum Gasteiger partial charge on any atom is -0.508 e. The fraction of sp³-hybridized carbons (Fsp3) is 0.448. The number of alkyl carbamates (subject to hydrolysis) is 1. The van der Waals surface area contributed by atoms with Crippen molar-refractivity contribution in [2.24, 2.45) is 5.92 Å². The largest absolute Gasteiger partial charge is 0.508 e. The smallest absolute Gasteiger partial charge is 0.408 e. The Balaban J connectivity index is 2.00. The van der Waals surface area contributed by atoms with Crippen LogP contribution in [0.2, 0.25) is 0 Å². The summed E-state index contributed by atoms with van der Waals surface area (Å²) in [6, 6.07) is 12.8. The fourth-order valence-electron chi connectivity index (χ4n) is 4.27. The maximum atomic E-state index is 14.3. The van der Waals surface area contributed by atoms with Gasteiger partial charge in [-0.2, -0.15) is 0 Å². The fourth-order valence-corrected chi connectivity index (χ4v) is 4.27. The van der Waals surface area contributed by atoms with Gasteiger partial charge in [-0.05, 0) is 56.4 Å². The molecule has 0 heterocycles. The second kappa shape index (κ2) is 12.6. The molecule has 1 aliphatic carbocycles. The van der Waals surface area contributed by atoms with E-state index < -0.39 is 41.6 Å². The van der Waals surface area contributed by atoms with Gasteiger partial charge in [0.15, 0.2) is 0 Å². The molecule has 0 aliphatic heterocycles. The van der Waals surface area contributed by atoms with Crippen LogP contribution in [0.1, 0.15) is 51.3 Å². The predicted molar refractivity (Wildman–Crippen MR) is 144 cm³/mol. The standard InChI is InChI=1S/C29H37N3O7/c1-18-15-23(18)32(25(20-9-7-6-8-10-20)26(35)30-17-24(34)38-5)27(36)22(31-28(37)39-29(2,3)4)16-19-11-13-21(33)14-12-19/h6-14,18,22-23,25,33H,15-17H2,1-5H3,(H,30,35)(H,31,37). The van der Waals surface area contributed by atoms with Gasteiger partial charge in [-0.3, -0.25) is 14.4 Å². The molecule has 10 nitrogen and oxygen atoms in total. The third-order valence-corrected chi connectivity index (χ3v) is 6.32. The Morgan fingerprint density at radius 1 is 1.05 bits per heavy atom. The first-order chi connectivity index (χ1) is 18.4. The van der Waals surface area contributed by atoms with Crippen LogP contribution in [0.4, 0.5) is 4.79 Å². The van der Waals surface area contributed by atoms with E-state index in [1.807, 2.05) is 6.92 Å². The van der Waals surface area contributed by atoms with Crippen molar-refractivity contribution in [3.8, 4) is 5.75 Å². The first kappa shape index (κ1) is 29.5. The topological polar surface area (TPSA) is 134 Å². The highest BCUT2D eigenvalue weighted by Crippen LogP contribution is 2.40. The van der Waals surface area contributed by atoms with E-state index in [1.165, 1.54) is 24.1 Å². The van der Waals surface area contributed by atoms with Crippen LogP contribution in [0.15, 0.2) is 54.6 Å². The third-order valence-electron chi connectivity index (χ3n) is 6.32. The number of benzene rings is 2. The first-order valence-corrected chi connectivity index (χ1v) is 12.9. The van der Waals surface area contributed by atoms with E-state index in [9.17, 15) is 24.3 Å². The summed E-state index contributed by atoms with van der Waals surface area (Å²) in [7, 11) is 1.22. The lowest BCUT2D eigenvalue weighted by atomic mass is 10.00. The van der Waals surface area contributed by atoms with Crippen molar-refractivity contribution in [1.29, 1.82) is 0 Å². The molecule has 0 spiro atoms. The zero-order valence-corrected chi connectivity index (χ0v) is 23.0. The number of carbonyl (C=O) groups is 4. The van der Waals surface area contributed by atoms with Crippen LogP contribution in [-0.2, 0) is 30.3 Å². The van der Waals surface area contributed by atoms with Crippen molar-refractivity contribution < 1.29 is 33.8 Å². The van der Waals surface area contributed by atoms with Crippen molar-refractivity contribution in [3.63, 3.8) is 0 Å². The van der Waals surface area contributed by atoms with Gasteiger partial charge in [-0.15, -0.1) is 0 Å². The second-order valence-electron chi connectivity index (χ2n) is 10.7. The average molecular weight is 540 g/mol. The molecule has 0 radical (unpaired) electrons. The van der Waals surface area contributed by atoms with Crippen LogP contribution in [0, 0.1) is 5.92 Å². The zero-order valence-electron chi connectivity index (χ0n) is 23.0. The highest BCUT2D eigenvalue weighted by atomic mass is 16.6. The molecule has 39 heavy (non-hydrogen) atoms. The van der Waals surface area contributed by atoms with Crippen LogP contribution in [0.5, 0.6) is 5.75 Å². The molecule has 10 heteroatoms. The van der Waals surface area contributed by atoms with Gasteiger partial charge in [-0.1, -0.05) is 49.4 Å². The lowest BCUT2D eigenvalue weighted by molar-refractivity contribution is -0.145. The molecule has 1 aliphatic rings. The number of carbonyl (C=O) groups excluding carboxylic acids is 4. The van der Waals surface area contributed by atoms with Crippen molar-refractivity contribution in [3.05, 3.63) is 65.7 Å². The van der Waals surface area contributed by atoms with E-state index >= 15 is 0 Å². The lowest BCUT2D eigenvalue weighted by Gasteiger charge is -2.35. The number of esters is 1. The highest BCUT2D eigenvalue weighted by Gasteiger charge is 2.48. The van der Waals surface area contributed by atoms with Crippen molar-refractivity contribution in [2.45, 2.75) is 64.3 Å². The molecule has 3 rings (SSSR count). The van der Waals surface area contributed by atoms with Gasteiger partial charge in [0.05, 0.1) is 7.11 Å². The molecule has 0 saturated heterocycles. The van der Waals surface area contributed by atoms with Crippen LogP contribution in [0.3, 0.4) is 0 Å². The number of nitrogens with one attached hydrogen (secondary N) is 2. The monoisotopic (exact) mass is 539 g/mol. The molecule has 2 aromatic carbocycles. The molecule has 0 bridgehead atoms. The van der Waals surface area contributed by atoms with Gasteiger partial charge >= 0.3 is 12.1 Å². The molecule has 0 aromatic heterocycles. The van der Waals surface area contributed by atoms with E-state index in [0.29, 0.717) is 17.5 Å². The van der Waals surface area contributed by atoms with Crippen LogP contribution in [-0.4, -0.2) is 65.2 Å². The number of nitrogens with zero attached hydrogens (tertiary/aromatic N) is 1. The predicted octanol–water partition coefficient (Wildman–Crippen LogP) is 3.10. The van der Waals surface area contributed by atoms with Crippen LogP contribution >= 0.6 is 0 Å². The summed E-state index contributed by atoms with van der Waals surface area (Å²) in [4.78, 5) is 53.9. The highest BCUT2D eigenvalue weighted by molar-refractivity contribution is 5.93. The van der Waals surface area contributed by atoms with E-state index in [4.69, 9.17) is 4.74 Å².